The highest BCUT2D eigenvalue weighted by molar-refractivity contribution is 6.31. The van der Waals surface area contributed by atoms with Crippen LogP contribution in [0, 0.1) is 0 Å². The average Bonchev–Trinajstić information content (AvgIpc) is 2.60. The Labute approximate surface area is 144 Å². The molecular formula is C18H16ClNO4. The highest BCUT2D eigenvalue weighted by atomic mass is 35.5. The Balaban J connectivity index is 1.71. The summed E-state index contributed by atoms with van der Waals surface area (Å²) < 4.78 is 16.2. The Bertz CT molecular complexity index is 789. The molecule has 0 aromatic heterocycles. The standard InChI is InChI=1S/C18H16ClNO4/c1-22-15-6-4-13(19)11-14(15)20-18(21)7-3-12-2-5-16-17(10-12)24-9-8-23-16/h2-7,10-11H,8-9H2,1H3,(H,20,21)/b7-3+. The zero-order valence-electron chi connectivity index (χ0n) is 13.0. The highest BCUT2D eigenvalue weighted by Crippen LogP contribution is 2.31. The first-order valence-electron chi connectivity index (χ1n) is 7.38. The molecular weight excluding hydrogens is 330 g/mol. The highest BCUT2D eigenvalue weighted by Gasteiger charge is 2.11. The van der Waals surface area contributed by atoms with Crippen molar-refractivity contribution in [1.29, 1.82) is 0 Å². The van der Waals surface area contributed by atoms with E-state index >= 15 is 0 Å². The van der Waals surface area contributed by atoms with E-state index in [0.717, 1.165) is 5.56 Å². The summed E-state index contributed by atoms with van der Waals surface area (Å²) in [7, 11) is 1.53. The van der Waals surface area contributed by atoms with Crippen molar-refractivity contribution in [2.75, 3.05) is 25.6 Å². The Morgan fingerprint density at radius 1 is 1.17 bits per heavy atom. The summed E-state index contributed by atoms with van der Waals surface area (Å²) in [6.07, 6.45) is 3.14. The largest absolute Gasteiger partial charge is 0.495 e. The van der Waals surface area contributed by atoms with E-state index < -0.39 is 0 Å². The predicted octanol–water partition coefficient (Wildman–Crippen LogP) is 3.77. The molecule has 0 saturated heterocycles. The molecule has 5 nitrogen and oxygen atoms in total. The second kappa shape index (κ2) is 7.27. The summed E-state index contributed by atoms with van der Waals surface area (Å²) in [5, 5.41) is 3.26. The zero-order chi connectivity index (χ0) is 16.9. The SMILES string of the molecule is COc1ccc(Cl)cc1NC(=O)/C=C/c1ccc2c(c1)OCCO2. The number of methoxy groups -OCH3 is 1. The lowest BCUT2D eigenvalue weighted by Crippen LogP contribution is -2.15. The van der Waals surface area contributed by atoms with Crippen LogP contribution in [0.2, 0.25) is 5.02 Å². The van der Waals surface area contributed by atoms with Crippen molar-refractivity contribution >= 4 is 29.3 Å². The van der Waals surface area contributed by atoms with Gasteiger partial charge < -0.3 is 19.5 Å². The maximum Gasteiger partial charge on any atom is 0.248 e. The maximum absolute atomic E-state index is 12.1. The molecule has 1 aliphatic heterocycles. The average molecular weight is 346 g/mol. The number of fused-ring (bicyclic) bond motifs is 1. The van der Waals surface area contributed by atoms with Gasteiger partial charge in [0, 0.05) is 11.1 Å². The molecule has 6 heteroatoms. The molecule has 1 aliphatic rings. The molecule has 2 aromatic rings. The van der Waals surface area contributed by atoms with Crippen LogP contribution >= 0.6 is 11.6 Å². The number of ether oxygens (including phenoxy) is 3. The Kier molecular flexibility index (Phi) is 4.91. The van der Waals surface area contributed by atoms with Crippen LogP contribution in [0.4, 0.5) is 5.69 Å². The van der Waals surface area contributed by atoms with Gasteiger partial charge in [-0.3, -0.25) is 4.79 Å². The molecule has 0 atom stereocenters. The van der Waals surface area contributed by atoms with E-state index in [9.17, 15) is 4.79 Å². The number of halogens is 1. The summed E-state index contributed by atoms with van der Waals surface area (Å²) in [5.41, 5.74) is 1.36. The van der Waals surface area contributed by atoms with Gasteiger partial charge in [-0.25, -0.2) is 0 Å². The lowest BCUT2D eigenvalue weighted by Gasteiger charge is -2.18. The molecule has 0 fully saturated rings. The number of benzene rings is 2. The van der Waals surface area contributed by atoms with Gasteiger partial charge in [-0.2, -0.15) is 0 Å². The van der Waals surface area contributed by atoms with Crippen LogP contribution in [-0.4, -0.2) is 26.2 Å². The molecule has 1 heterocycles. The van der Waals surface area contributed by atoms with Crippen molar-refractivity contribution in [1.82, 2.24) is 0 Å². The minimum atomic E-state index is -0.287. The quantitative estimate of drug-likeness (QED) is 0.857. The van der Waals surface area contributed by atoms with Crippen LogP contribution in [0.5, 0.6) is 17.2 Å². The monoisotopic (exact) mass is 345 g/mol. The smallest absolute Gasteiger partial charge is 0.248 e. The third-order valence-corrected chi connectivity index (χ3v) is 3.65. The topological polar surface area (TPSA) is 56.8 Å². The first-order valence-corrected chi connectivity index (χ1v) is 7.76. The van der Waals surface area contributed by atoms with E-state index in [1.54, 1.807) is 24.3 Å². The molecule has 2 aromatic carbocycles. The normalized spacial score (nSPS) is 12.9. The van der Waals surface area contributed by atoms with E-state index in [1.165, 1.54) is 13.2 Å². The molecule has 0 unspecified atom stereocenters. The number of carbonyl (C=O) groups is 1. The summed E-state index contributed by atoms with van der Waals surface area (Å²) in [4.78, 5) is 12.1. The number of anilines is 1. The molecule has 1 amide bonds. The van der Waals surface area contributed by atoms with Gasteiger partial charge in [0.05, 0.1) is 12.8 Å². The number of carbonyl (C=O) groups excluding carboxylic acids is 1. The van der Waals surface area contributed by atoms with Crippen LogP contribution in [0.25, 0.3) is 6.08 Å². The van der Waals surface area contributed by atoms with Crippen molar-refractivity contribution in [3.05, 3.63) is 53.1 Å². The van der Waals surface area contributed by atoms with E-state index in [-0.39, 0.29) is 5.91 Å². The van der Waals surface area contributed by atoms with Gasteiger partial charge in [0.1, 0.15) is 19.0 Å². The third kappa shape index (κ3) is 3.81. The van der Waals surface area contributed by atoms with Crippen LogP contribution in [0.1, 0.15) is 5.56 Å². The maximum atomic E-state index is 12.1. The Hall–Kier alpha value is -2.66. The Morgan fingerprint density at radius 2 is 1.96 bits per heavy atom. The molecule has 0 saturated carbocycles. The third-order valence-electron chi connectivity index (χ3n) is 3.41. The molecule has 0 bridgehead atoms. The van der Waals surface area contributed by atoms with Gasteiger partial charge >= 0.3 is 0 Å². The van der Waals surface area contributed by atoms with Crippen LogP contribution < -0.4 is 19.5 Å². The minimum Gasteiger partial charge on any atom is -0.495 e. The fourth-order valence-electron chi connectivity index (χ4n) is 2.29. The van der Waals surface area contributed by atoms with Gasteiger partial charge in [0.25, 0.3) is 0 Å². The second-order valence-corrected chi connectivity index (χ2v) is 5.51. The van der Waals surface area contributed by atoms with Crippen LogP contribution in [0.15, 0.2) is 42.5 Å². The summed E-state index contributed by atoms with van der Waals surface area (Å²) in [6.45, 7) is 1.07. The van der Waals surface area contributed by atoms with Gasteiger partial charge in [-0.15, -0.1) is 0 Å². The molecule has 24 heavy (non-hydrogen) atoms. The zero-order valence-corrected chi connectivity index (χ0v) is 13.8. The van der Waals surface area contributed by atoms with Gasteiger partial charge in [-0.05, 0) is 42.0 Å². The van der Waals surface area contributed by atoms with Crippen molar-refractivity contribution in [3.63, 3.8) is 0 Å². The number of amides is 1. The number of hydrogen-bond acceptors (Lipinski definition) is 4. The van der Waals surface area contributed by atoms with Crippen molar-refractivity contribution in [3.8, 4) is 17.2 Å². The van der Waals surface area contributed by atoms with Crippen molar-refractivity contribution in [2.24, 2.45) is 0 Å². The van der Waals surface area contributed by atoms with Crippen molar-refractivity contribution in [2.45, 2.75) is 0 Å². The lowest BCUT2D eigenvalue weighted by atomic mass is 10.2. The van der Waals surface area contributed by atoms with Crippen LogP contribution in [0.3, 0.4) is 0 Å². The van der Waals surface area contributed by atoms with Gasteiger partial charge in [0.15, 0.2) is 11.5 Å². The Morgan fingerprint density at radius 3 is 2.75 bits per heavy atom. The lowest BCUT2D eigenvalue weighted by molar-refractivity contribution is -0.111. The predicted molar refractivity (Wildman–Crippen MR) is 93.1 cm³/mol. The van der Waals surface area contributed by atoms with Gasteiger partial charge in [0.2, 0.25) is 5.91 Å². The van der Waals surface area contributed by atoms with E-state index in [4.69, 9.17) is 25.8 Å². The first kappa shape index (κ1) is 16.2. The van der Waals surface area contributed by atoms with Crippen LogP contribution in [-0.2, 0) is 4.79 Å². The minimum absolute atomic E-state index is 0.287. The number of nitrogens with one attached hydrogen (secondary N) is 1. The van der Waals surface area contributed by atoms with Crippen molar-refractivity contribution < 1.29 is 19.0 Å². The molecule has 3 rings (SSSR count). The molecule has 0 radical (unpaired) electrons. The van der Waals surface area contributed by atoms with E-state index in [1.807, 2.05) is 18.2 Å². The second-order valence-electron chi connectivity index (χ2n) is 5.07. The molecule has 0 aliphatic carbocycles. The number of rotatable bonds is 4. The van der Waals surface area contributed by atoms with Gasteiger partial charge in [-0.1, -0.05) is 17.7 Å². The molecule has 1 N–H and O–H groups in total. The molecule has 0 spiro atoms. The summed E-state index contributed by atoms with van der Waals surface area (Å²) in [6, 6.07) is 10.5. The van der Waals surface area contributed by atoms with E-state index in [2.05, 4.69) is 5.32 Å². The fraction of sp³-hybridized carbons (Fsp3) is 0.167. The summed E-state index contributed by atoms with van der Waals surface area (Å²) >= 11 is 5.95. The molecule has 124 valence electrons. The van der Waals surface area contributed by atoms with E-state index in [0.29, 0.717) is 41.2 Å². The first-order chi connectivity index (χ1) is 11.7. The summed E-state index contributed by atoms with van der Waals surface area (Å²) in [5.74, 6) is 1.65. The number of hydrogen-bond donors (Lipinski definition) is 1. The fourth-order valence-corrected chi connectivity index (χ4v) is 2.46.